The standard InChI is InChI=1S/C19H19F2NO3/c1-19(24)12-22(18(23)15-8-7-13(20)11-16(15)21)10-9-17(19)25-14-5-3-2-4-6-14/h2-8,11,17,24H,9-10,12H2,1H3/t17-,19-/m0/s1. The molecule has 132 valence electrons. The monoisotopic (exact) mass is 347 g/mol. The number of β-amino-alcohol motifs (C(OH)–C–C–N with tert-alkyl or cyclic N) is 1. The molecule has 1 aliphatic rings. The predicted octanol–water partition coefficient (Wildman–Crippen LogP) is 3.01. The summed E-state index contributed by atoms with van der Waals surface area (Å²) in [6.45, 7) is 1.89. The van der Waals surface area contributed by atoms with Crippen molar-refractivity contribution in [3.63, 3.8) is 0 Å². The van der Waals surface area contributed by atoms with Gasteiger partial charge in [-0.2, -0.15) is 0 Å². The molecule has 1 heterocycles. The predicted molar refractivity (Wildman–Crippen MR) is 88.4 cm³/mol. The van der Waals surface area contributed by atoms with Crippen LogP contribution >= 0.6 is 0 Å². The van der Waals surface area contributed by atoms with Gasteiger partial charge in [-0.3, -0.25) is 4.79 Å². The van der Waals surface area contributed by atoms with Gasteiger partial charge in [-0.1, -0.05) is 18.2 Å². The average Bonchev–Trinajstić information content (AvgIpc) is 2.57. The summed E-state index contributed by atoms with van der Waals surface area (Å²) in [6, 6.07) is 12.0. The van der Waals surface area contributed by atoms with Crippen LogP contribution in [0.3, 0.4) is 0 Å². The molecule has 0 aromatic heterocycles. The van der Waals surface area contributed by atoms with Gasteiger partial charge in [0.15, 0.2) is 0 Å². The molecule has 0 spiro atoms. The number of piperidine rings is 1. The topological polar surface area (TPSA) is 49.8 Å². The van der Waals surface area contributed by atoms with Gasteiger partial charge >= 0.3 is 0 Å². The minimum atomic E-state index is -1.29. The Kier molecular flexibility index (Phi) is 4.72. The maximum Gasteiger partial charge on any atom is 0.256 e. The van der Waals surface area contributed by atoms with Gasteiger partial charge in [0, 0.05) is 19.0 Å². The molecule has 1 N–H and O–H groups in total. The highest BCUT2D eigenvalue weighted by Crippen LogP contribution is 2.27. The first-order valence-corrected chi connectivity index (χ1v) is 8.05. The zero-order valence-corrected chi connectivity index (χ0v) is 13.8. The lowest BCUT2D eigenvalue weighted by molar-refractivity contribution is -0.0899. The van der Waals surface area contributed by atoms with E-state index in [2.05, 4.69) is 0 Å². The minimum Gasteiger partial charge on any atom is -0.487 e. The first-order chi connectivity index (χ1) is 11.9. The molecule has 1 aliphatic heterocycles. The summed E-state index contributed by atoms with van der Waals surface area (Å²) in [7, 11) is 0. The minimum absolute atomic E-state index is 0.000149. The third kappa shape index (κ3) is 3.79. The van der Waals surface area contributed by atoms with Crippen LogP contribution in [0.5, 0.6) is 5.75 Å². The zero-order valence-electron chi connectivity index (χ0n) is 13.8. The highest BCUT2D eigenvalue weighted by molar-refractivity contribution is 5.94. The van der Waals surface area contributed by atoms with E-state index in [-0.39, 0.29) is 12.1 Å². The zero-order chi connectivity index (χ0) is 18.0. The summed E-state index contributed by atoms with van der Waals surface area (Å²) in [4.78, 5) is 13.9. The van der Waals surface area contributed by atoms with Gasteiger partial charge in [-0.05, 0) is 31.2 Å². The molecular weight excluding hydrogens is 328 g/mol. The largest absolute Gasteiger partial charge is 0.487 e. The molecule has 1 saturated heterocycles. The third-order valence-corrected chi connectivity index (χ3v) is 4.34. The number of rotatable bonds is 3. The maximum atomic E-state index is 13.8. The second-order valence-corrected chi connectivity index (χ2v) is 6.42. The molecule has 2 aromatic carbocycles. The van der Waals surface area contributed by atoms with Crippen LogP contribution in [-0.2, 0) is 0 Å². The number of amides is 1. The normalized spacial score (nSPS) is 23.4. The number of nitrogens with zero attached hydrogens (tertiary/aromatic N) is 1. The van der Waals surface area contributed by atoms with Gasteiger partial charge in [0.1, 0.15) is 29.1 Å². The van der Waals surface area contributed by atoms with Gasteiger partial charge in [0.05, 0.1) is 12.1 Å². The molecule has 1 amide bonds. The molecule has 0 radical (unpaired) electrons. The molecule has 6 heteroatoms. The van der Waals surface area contributed by atoms with Crippen molar-refractivity contribution in [3.05, 3.63) is 65.7 Å². The summed E-state index contributed by atoms with van der Waals surface area (Å²) >= 11 is 0. The Morgan fingerprint density at radius 2 is 1.96 bits per heavy atom. The molecule has 0 unspecified atom stereocenters. The van der Waals surface area contributed by atoms with E-state index in [1.807, 2.05) is 18.2 Å². The van der Waals surface area contributed by atoms with Crippen molar-refractivity contribution < 1.29 is 23.4 Å². The van der Waals surface area contributed by atoms with Crippen LogP contribution in [0.1, 0.15) is 23.7 Å². The average molecular weight is 347 g/mol. The second-order valence-electron chi connectivity index (χ2n) is 6.42. The van der Waals surface area contributed by atoms with E-state index >= 15 is 0 Å². The lowest BCUT2D eigenvalue weighted by Crippen LogP contribution is -2.58. The van der Waals surface area contributed by atoms with Crippen LogP contribution in [0, 0.1) is 11.6 Å². The Hall–Kier alpha value is -2.47. The van der Waals surface area contributed by atoms with Gasteiger partial charge < -0.3 is 14.7 Å². The highest BCUT2D eigenvalue weighted by Gasteiger charge is 2.41. The van der Waals surface area contributed by atoms with Crippen LogP contribution in [0.4, 0.5) is 8.78 Å². The van der Waals surface area contributed by atoms with E-state index in [1.165, 1.54) is 4.90 Å². The summed E-state index contributed by atoms with van der Waals surface area (Å²) in [5.74, 6) is -1.59. The molecule has 2 aromatic rings. The molecule has 2 atom stereocenters. The van der Waals surface area contributed by atoms with Crippen LogP contribution in [0.15, 0.2) is 48.5 Å². The lowest BCUT2D eigenvalue weighted by Gasteiger charge is -2.42. The van der Waals surface area contributed by atoms with Crippen molar-refractivity contribution in [3.8, 4) is 5.75 Å². The third-order valence-electron chi connectivity index (χ3n) is 4.34. The van der Waals surface area contributed by atoms with Gasteiger partial charge in [-0.25, -0.2) is 8.78 Å². The second kappa shape index (κ2) is 6.80. The van der Waals surface area contributed by atoms with Gasteiger partial charge in [0.25, 0.3) is 5.91 Å². The van der Waals surface area contributed by atoms with Crippen molar-refractivity contribution in [2.45, 2.75) is 25.0 Å². The molecule has 4 nitrogen and oxygen atoms in total. The molecule has 3 rings (SSSR count). The van der Waals surface area contributed by atoms with Crippen LogP contribution < -0.4 is 4.74 Å². The van der Waals surface area contributed by atoms with E-state index in [0.717, 1.165) is 12.1 Å². The van der Waals surface area contributed by atoms with Crippen molar-refractivity contribution in [1.82, 2.24) is 4.90 Å². The van der Waals surface area contributed by atoms with Crippen LogP contribution in [0.2, 0.25) is 0 Å². The first-order valence-electron chi connectivity index (χ1n) is 8.05. The van der Waals surface area contributed by atoms with E-state index < -0.39 is 29.2 Å². The number of carbonyl (C=O) groups is 1. The Morgan fingerprint density at radius 1 is 1.24 bits per heavy atom. The quantitative estimate of drug-likeness (QED) is 0.929. The van der Waals surface area contributed by atoms with E-state index in [0.29, 0.717) is 24.8 Å². The fraction of sp³-hybridized carbons (Fsp3) is 0.316. The number of para-hydroxylation sites is 1. The number of hydrogen-bond donors (Lipinski definition) is 1. The van der Waals surface area contributed by atoms with E-state index in [1.54, 1.807) is 19.1 Å². The van der Waals surface area contributed by atoms with E-state index in [4.69, 9.17) is 4.74 Å². The van der Waals surface area contributed by atoms with Gasteiger partial charge in [0.2, 0.25) is 0 Å². The Morgan fingerprint density at radius 3 is 2.60 bits per heavy atom. The van der Waals surface area contributed by atoms with Crippen LogP contribution in [0.25, 0.3) is 0 Å². The summed E-state index contributed by atoms with van der Waals surface area (Å²) < 4.78 is 32.7. The Bertz CT molecular complexity index is 765. The number of halogens is 2. The Balaban J connectivity index is 1.72. The summed E-state index contributed by atoms with van der Waals surface area (Å²) in [6.07, 6.45) is -0.0896. The molecule has 0 saturated carbocycles. The number of carbonyl (C=O) groups excluding carboxylic acids is 1. The molecule has 1 fully saturated rings. The summed E-state index contributed by atoms with van der Waals surface area (Å²) in [5.41, 5.74) is -1.50. The molecule has 25 heavy (non-hydrogen) atoms. The van der Waals surface area contributed by atoms with E-state index in [9.17, 15) is 18.7 Å². The van der Waals surface area contributed by atoms with Crippen molar-refractivity contribution in [2.24, 2.45) is 0 Å². The smallest absolute Gasteiger partial charge is 0.256 e. The summed E-state index contributed by atoms with van der Waals surface area (Å²) in [5, 5.41) is 10.7. The number of likely N-dealkylation sites (tertiary alicyclic amines) is 1. The SMILES string of the molecule is C[C@]1(O)CN(C(=O)c2ccc(F)cc2F)CC[C@@H]1Oc1ccccc1. The van der Waals surface area contributed by atoms with Crippen molar-refractivity contribution in [1.29, 1.82) is 0 Å². The number of hydrogen-bond acceptors (Lipinski definition) is 3. The maximum absolute atomic E-state index is 13.8. The van der Waals surface area contributed by atoms with Crippen molar-refractivity contribution >= 4 is 5.91 Å². The molecule has 0 aliphatic carbocycles. The van der Waals surface area contributed by atoms with Gasteiger partial charge in [-0.15, -0.1) is 0 Å². The Labute approximate surface area is 144 Å². The highest BCUT2D eigenvalue weighted by atomic mass is 19.1. The number of aliphatic hydroxyl groups is 1. The number of ether oxygens (including phenoxy) is 1. The van der Waals surface area contributed by atoms with Crippen LogP contribution in [-0.4, -0.2) is 40.7 Å². The number of benzene rings is 2. The fourth-order valence-corrected chi connectivity index (χ4v) is 3.01. The molecule has 0 bridgehead atoms. The molecular formula is C19H19F2NO3. The van der Waals surface area contributed by atoms with Crippen molar-refractivity contribution in [2.75, 3.05) is 13.1 Å². The lowest BCUT2D eigenvalue weighted by atomic mass is 9.91. The fourth-order valence-electron chi connectivity index (χ4n) is 3.01. The first kappa shape index (κ1) is 17.4.